The van der Waals surface area contributed by atoms with E-state index in [4.69, 9.17) is 9.84 Å². The lowest BCUT2D eigenvalue weighted by atomic mass is 9.88. The molecule has 1 aromatic carbocycles. The van der Waals surface area contributed by atoms with Gasteiger partial charge in [0, 0.05) is 36.1 Å². The van der Waals surface area contributed by atoms with Gasteiger partial charge in [0.05, 0.1) is 22.4 Å². The lowest BCUT2D eigenvalue weighted by molar-refractivity contribution is -0.122. The summed E-state index contributed by atoms with van der Waals surface area (Å²) in [5, 5.41) is 9.70. The number of fused-ring (bicyclic) bond motifs is 1. The van der Waals surface area contributed by atoms with Gasteiger partial charge >= 0.3 is 0 Å². The number of benzene rings is 1. The van der Waals surface area contributed by atoms with Crippen molar-refractivity contribution in [3.8, 4) is 5.69 Å². The van der Waals surface area contributed by atoms with Crippen LogP contribution in [0.1, 0.15) is 48.6 Å². The average molecular weight is 531 g/mol. The van der Waals surface area contributed by atoms with Crippen LogP contribution in [0.3, 0.4) is 0 Å². The molecular formula is C26H31FN4O3S2. The van der Waals surface area contributed by atoms with Crippen molar-refractivity contribution in [1.82, 2.24) is 15.1 Å². The zero-order valence-corrected chi connectivity index (χ0v) is 22.5. The Kier molecular flexibility index (Phi) is 8.17. The predicted octanol–water partition coefficient (Wildman–Crippen LogP) is 4.69. The number of amides is 2. The van der Waals surface area contributed by atoms with Crippen LogP contribution in [0.25, 0.3) is 5.69 Å². The molecule has 2 amide bonds. The van der Waals surface area contributed by atoms with E-state index in [1.54, 1.807) is 35.3 Å². The predicted molar refractivity (Wildman–Crippen MR) is 143 cm³/mol. The normalized spacial score (nSPS) is 16.1. The van der Waals surface area contributed by atoms with Crippen LogP contribution in [-0.4, -0.2) is 54.2 Å². The number of rotatable bonds is 8. The SMILES string of the molecule is COCCCNC(=O)CN1C(=O)CSC(c2cccs2)c2c(C(C)(C)C)nn(-c3cccc(F)c3)c21. The molecule has 3 aromatic rings. The average Bonchev–Trinajstić information content (AvgIpc) is 3.47. The molecule has 7 nitrogen and oxygen atoms in total. The van der Waals surface area contributed by atoms with Crippen LogP contribution in [0.15, 0.2) is 41.8 Å². The first-order valence-corrected chi connectivity index (χ1v) is 13.7. The third-order valence-electron chi connectivity index (χ3n) is 5.80. The number of aromatic nitrogens is 2. The molecule has 3 heterocycles. The Labute approximate surface area is 219 Å². The molecular weight excluding hydrogens is 499 g/mol. The minimum absolute atomic E-state index is 0.143. The Hall–Kier alpha value is -2.69. The van der Waals surface area contributed by atoms with Crippen molar-refractivity contribution in [3.63, 3.8) is 0 Å². The van der Waals surface area contributed by atoms with E-state index >= 15 is 0 Å². The summed E-state index contributed by atoms with van der Waals surface area (Å²) in [7, 11) is 1.61. The van der Waals surface area contributed by atoms with E-state index in [2.05, 4.69) is 32.2 Å². The first kappa shape index (κ1) is 26.4. The van der Waals surface area contributed by atoms with Crippen molar-refractivity contribution in [1.29, 1.82) is 0 Å². The second kappa shape index (κ2) is 11.1. The lowest BCUT2D eigenvalue weighted by Crippen LogP contribution is -2.42. The number of hydrogen-bond acceptors (Lipinski definition) is 6. The second-order valence-corrected chi connectivity index (χ2v) is 11.7. The highest BCUT2D eigenvalue weighted by atomic mass is 32.2. The molecule has 4 rings (SSSR count). The molecule has 10 heteroatoms. The topological polar surface area (TPSA) is 76.5 Å². The number of nitrogens with zero attached hydrogens (tertiary/aromatic N) is 3. The summed E-state index contributed by atoms with van der Waals surface area (Å²) in [5.74, 6) is -0.132. The lowest BCUT2D eigenvalue weighted by Gasteiger charge is -2.24. The third-order valence-corrected chi connectivity index (χ3v) is 8.13. The minimum atomic E-state index is -0.402. The minimum Gasteiger partial charge on any atom is -0.385 e. The van der Waals surface area contributed by atoms with Gasteiger partial charge < -0.3 is 10.1 Å². The van der Waals surface area contributed by atoms with Gasteiger partial charge in [-0.05, 0) is 36.1 Å². The molecule has 0 radical (unpaired) electrons. The number of nitrogens with one attached hydrogen (secondary N) is 1. The van der Waals surface area contributed by atoms with Crippen molar-refractivity contribution in [2.24, 2.45) is 0 Å². The summed E-state index contributed by atoms with van der Waals surface area (Å²) in [4.78, 5) is 29.0. The van der Waals surface area contributed by atoms with Crippen LogP contribution in [-0.2, 0) is 19.7 Å². The van der Waals surface area contributed by atoms with E-state index in [1.807, 2.05) is 11.4 Å². The van der Waals surface area contributed by atoms with Crippen molar-refractivity contribution in [2.45, 2.75) is 37.9 Å². The van der Waals surface area contributed by atoms with E-state index in [0.29, 0.717) is 31.1 Å². The number of thioether (sulfide) groups is 1. The van der Waals surface area contributed by atoms with Crippen LogP contribution in [0.2, 0.25) is 0 Å². The fourth-order valence-corrected chi connectivity index (χ4v) is 6.35. The maximum atomic E-state index is 14.3. The van der Waals surface area contributed by atoms with Gasteiger partial charge in [-0.3, -0.25) is 14.5 Å². The fourth-order valence-electron chi connectivity index (χ4n) is 4.17. The molecule has 0 spiro atoms. The zero-order chi connectivity index (χ0) is 25.9. The van der Waals surface area contributed by atoms with Crippen molar-refractivity contribution in [2.75, 3.05) is 37.5 Å². The smallest absolute Gasteiger partial charge is 0.240 e. The molecule has 192 valence electrons. The molecule has 1 aliphatic rings. The highest BCUT2D eigenvalue weighted by Gasteiger charge is 2.40. The van der Waals surface area contributed by atoms with Crippen LogP contribution in [0, 0.1) is 5.82 Å². The Morgan fingerprint density at radius 3 is 2.75 bits per heavy atom. The Balaban J connectivity index is 1.88. The molecule has 0 fully saturated rings. The molecule has 2 aromatic heterocycles. The quantitative estimate of drug-likeness (QED) is 0.428. The molecule has 36 heavy (non-hydrogen) atoms. The molecule has 0 saturated heterocycles. The van der Waals surface area contributed by atoms with Gasteiger partial charge in [-0.2, -0.15) is 5.10 Å². The van der Waals surface area contributed by atoms with Crippen LogP contribution < -0.4 is 10.2 Å². The number of thiophene rings is 1. The Morgan fingerprint density at radius 2 is 2.08 bits per heavy atom. The van der Waals surface area contributed by atoms with E-state index in [0.717, 1.165) is 16.1 Å². The van der Waals surface area contributed by atoms with Gasteiger partial charge in [0.2, 0.25) is 11.8 Å². The van der Waals surface area contributed by atoms with Crippen LogP contribution in [0.5, 0.6) is 0 Å². The van der Waals surface area contributed by atoms with Crippen LogP contribution >= 0.6 is 23.1 Å². The summed E-state index contributed by atoms with van der Waals surface area (Å²) in [6.45, 7) is 7.04. The molecule has 0 bridgehead atoms. The van der Waals surface area contributed by atoms with Crippen molar-refractivity contribution < 1.29 is 18.7 Å². The number of anilines is 1. The molecule has 0 saturated carbocycles. The Bertz CT molecular complexity index is 1220. The molecule has 1 unspecified atom stereocenters. The number of halogens is 1. The van der Waals surface area contributed by atoms with Crippen molar-refractivity contribution >= 4 is 40.7 Å². The number of methoxy groups -OCH3 is 1. The van der Waals surface area contributed by atoms with E-state index in [-0.39, 0.29) is 34.8 Å². The molecule has 1 aliphatic heterocycles. The van der Waals surface area contributed by atoms with E-state index < -0.39 is 5.82 Å². The van der Waals surface area contributed by atoms with Gasteiger partial charge in [-0.25, -0.2) is 9.07 Å². The first-order valence-electron chi connectivity index (χ1n) is 11.8. The maximum absolute atomic E-state index is 14.3. The molecule has 1 N–H and O–H groups in total. The third kappa shape index (κ3) is 5.66. The summed E-state index contributed by atoms with van der Waals surface area (Å²) in [5.41, 5.74) is 1.84. The second-order valence-electron chi connectivity index (χ2n) is 9.61. The largest absolute Gasteiger partial charge is 0.385 e. The summed E-state index contributed by atoms with van der Waals surface area (Å²) in [6.07, 6.45) is 0.674. The molecule has 0 aliphatic carbocycles. The van der Waals surface area contributed by atoms with Crippen molar-refractivity contribution in [3.05, 3.63) is 63.7 Å². The Morgan fingerprint density at radius 1 is 1.28 bits per heavy atom. The zero-order valence-electron chi connectivity index (χ0n) is 20.9. The van der Waals surface area contributed by atoms with Gasteiger partial charge in [0.15, 0.2) is 0 Å². The number of carbonyl (C=O) groups is 2. The van der Waals surface area contributed by atoms with Gasteiger partial charge in [0.1, 0.15) is 18.2 Å². The number of carbonyl (C=O) groups excluding carboxylic acids is 2. The fraction of sp³-hybridized carbons (Fsp3) is 0.423. The first-order chi connectivity index (χ1) is 17.2. The van der Waals surface area contributed by atoms with Gasteiger partial charge in [-0.1, -0.05) is 32.9 Å². The number of hydrogen-bond donors (Lipinski definition) is 1. The van der Waals surface area contributed by atoms with Gasteiger partial charge in [0.25, 0.3) is 0 Å². The standard InChI is InChI=1S/C26H31FN4O3S2/c1-26(2,3)24-22-23(19-10-6-13-35-19)36-16-21(33)30(15-20(32)28-11-7-12-34-4)25(22)31(29-24)18-9-5-8-17(27)14-18/h5-6,8-10,13-14,23H,7,11-12,15-16H2,1-4H3,(H,28,32). The molecule has 1 atom stereocenters. The monoisotopic (exact) mass is 530 g/mol. The van der Waals surface area contributed by atoms with Crippen LogP contribution in [0.4, 0.5) is 10.2 Å². The van der Waals surface area contributed by atoms with E-state index in [9.17, 15) is 14.0 Å². The summed E-state index contributed by atoms with van der Waals surface area (Å²) in [6, 6.07) is 10.2. The summed E-state index contributed by atoms with van der Waals surface area (Å²) >= 11 is 3.16. The number of ether oxygens (including phenoxy) is 1. The maximum Gasteiger partial charge on any atom is 0.240 e. The summed E-state index contributed by atoms with van der Waals surface area (Å²) < 4.78 is 21.0. The van der Waals surface area contributed by atoms with Gasteiger partial charge in [-0.15, -0.1) is 23.1 Å². The highest BCUT2D eigenvalue weighted by molar-refractivity contribution is 8.00. The van der Waals surface area contributed by atoms with E-state index in [1.165, 1.54) is 28.8 Å². The highest BCUT2D eigenvalue weighted by Crippen LogP contribution is 2.49.